The fourth-order valence-electron chi connectivity index (χ4n) is 1.54. The van der Waals surface area contributed by atoms with Crippen LogP contribution in [0.4, 0.5) is 0 Å². The molecule has 88 valence electrons. The molecule has 0 saturated heterocycles. The molecule has 0 radical (unpaired) electrons. The van der Waals surface area contributed by atoms with Gasteiger partial charge in [0.2, 0.25) is 0 Å². The molecule has 0 atom stereocenters. The second-order valence-corrected chi connectivity index (χ2v) is 3.23. The zero-order valence-electron chi connectivity index (χ0n) is 10.4. The Morgan fingerprint density at radius 1 is 0.750 bits per heavy atom. The molecular formula is C14H20O2. The summed E-state index contributed by atoms with van der Waals surface area (Å²) >= 11 is 0. The summed E-state index contributed by atoms with van der Waals surface area (Å²) in [5, 5.41) is 16.7. The van der Waals surface area contributed by atoms with E-state index in [1.807, 2.05) is 0 Å². The van der Waals surface area contributed by atoms with Gasteiger partial charge in [0.1, 0.15) is 0 Å². The maximum Gasteiger partial charge on any atom is 0.0319 e. The van der Waals surface area contributed by atoms with Crippen molar-refractivity contribution >= 4 is 10.8 Å². The molecule has 0 saturated carbocycles. The lowest BCUT2D eigenvalue weighted by molar-refractivity contribution is 0.399. The third-order valence-corrected chi connectivity index (χ3v) is 2.47. The van der Waals surface area contributed by atoms with Crippen molar-refractivity contribution in [3.05, 3.63) is 47.5 Å². The molecular weight excluding hydrogens is 200 g/mol. The van der Waals surface area contributed by atoms with E-state index in [4.69, 9.17) is 10.2 Å². The first-order chi connectivity index (χ1) is 7.79. The van der Waals surface area contributed by atoms with Crippen LogP contribution < -0.4 is 0 Å². The van der Waals surface area contributed by atoms with Gasteiger partial charge in [-0.05, 0) is 35.7 Å². The van der Waals surface area contributed by atoms with Crippen LogP contribution in [0.25, 0.3) is 10.8 Å². The molecule has 2 rings (SSSR count). The number of aliphatic hydroxyl groups excluding tert-OH is 2. The van der Waals surface area contributed by atoms with E-state index in [9.17, 15) is 0 Å². The number of benzene rings is 2. The molecule has 0 heterocycles. The lowest BCUT2D eigenvalue weighted by atomic mass is 10.0. The quantitative estimate of drug-likeness (QED) is 0.716. The average molecular weight is 220 g/mol. The Bertz CT molecular complexity index is 422. The second kappa shape index (κ2) is 7.85. The molecule has 2 aromatic carbocycles. The Morgan fingerprint density at radius 2 is 1.31 bits per heavy atom. The van der Waals surface area contributed by atoms with Crippen LogP contribution in [0.15, 0.2) is 36.4 Å². The first kappa shape index (κ1) is 14.6. The van der Waals surface area contributed by atoms with Gasteiger partial charge in [-0.2, -0.15) is 0 Å². The summed E-state index contributed by atoms with van der Waals surface area (Å²) in [7, 11) is 2.00. The van der Waals surface area contributed by atoms with Gasteiger partial charge >= 0.3 is 0 Å². The molecule has 0 aliphatic carbocycles. The Kier molecular flexibility index (Phi) is 7.18. The van der Waals surface area contributed by atoms with Crippen LogP contribution in [0.1, 0.15) is 11.1 Å². The smallest absolute Gasteiger partial charge is 0.0319 e. The summed E-state index contributed by atoms with van der Waals surface area (Å²) in [5.41, 5.74) is 2.77. The zero-order valence-corrected chi connectivity index (χ0v) is 10.4. The van der Waals surface area contributed by atoms with E-state index in [2.05, 4.69) is 50.2 Å². The van der Waals surface area contributed by atoms with Crippen LogP contribution >= 0.6 is 0 Å². The van der Waals surface area contributed by atoms with Crippen LogP contribution in [-0.2, 0) is 0 Å². The van der Waals surface area contributed by atoms with Gasteiger partial charge in [-0.1, -0.05) is 36.4 Å². The van der Waals surface area contributed by atoms with E-state index in [1.165, 1.54) is 21.9 Å². The van der Waals surface area contributed by atoms with E-state index in [-0.39, 0.29) is 0 Å². The lowest BCUT2D eigenvalue weighted by Gasteiger charge is -2.04. The van der Waals surface area contributed by atoms with E-state index >= 15 is 0 Å². The lowest BCUT2D eigenvalue weighted by Crippen LogP contribution is -1.82. The van der Waals surface area contributed by atoms with Crippen LogP contribution in [0.2, 0.25) is 0 Å². The minimum absolute atomic E-state index is 1.00. The highest BCUT2D eigenvalue weighted by Gasteiger charge is 1.97. The molecule has 2 N–H and O–H groups in total. The van der Waals surface area contributed by atoms with Gasteiger partial charge < -0.3 is 10.2 Å². The van der Waals surface area contributed by atoms with Gasteiger partial charge in [0.15, 0.2) is 0 Å². The van der Waals surface area contributed by atoms with Crippen molar-refractivity contribution in [3.8, 4) is 0 Å². The fraction of sp³-hybridized carbons (Fsp3) is 0.286. The minimum Gasteiger partial charge on any atom is -0.400 e. The van der Waals surface area contributed by atoms with E-state index < -0.39 is 0 Å². The first-order valence-electron chi connectivity index (χ1n) is 5.13. The number of aryl methyl sites for hydroxylation is 2. The third kappa shape index (κ3) is 3.33. The molecule has 2 heteroatoms. The SMILES string of the molecule is CO.CO.Cc1ccc2ccccc2c1C. The standard InChI is InChI=1S/C12H12.2CH4O/c1-9-7-8-11-5-3-4-6-12(11)10(9)2;2*1-2/h3-8H,1-2H3;2*2H,1H3. The summed E-state index contributed by atoms with van der Waals surface area (Å²) in [6.45, 7) is 4.33. The summed E-state index contributed by atoms with van der Waals surface area (Å²) in [4.78, 5) is 0. The van der Waals surface area contributed by atoms with Gasteiger partial charge in [-0.3, -0.25) is 0 Å². The van der Waals surface area contributed by atoms with Crippen LogP contribution in [0.5, 0.6) is 0 Å². The van der Waals surface area contributed by atoms with Gasteiger partial charge in [0, 0.05) is 14.2 Å². The van der Waals surface area contributed by atoms with Crippen molar-refractivity contribution in [2.24, 2.45) is 0 Å². The average Bonchev–Trinajstić information content (AvgIpc) is 2.39. The predicted molar refractivity (Wildman–Crippen MR) is 69.7 cm³/mol. The van der Waals surface area contributed by atoms with Crippen LogP contribution in [-0.4, -0.2) is 24.4 Å². The molecule has 0 aliphatic rings. The number of fused-ring (bicyclic) bond motifs is 1. The number of aliphatic hydroxyl groups is 2. The number of rotatable bonds is 0. The Balaban J connectivity index is 0.000000509. The summed E-state index contributed by atoms with van der Waals surface area (Å²) < 4.78 is 0. The highest BCUT2D eigenvalue weighted by atomic mass is 16.2. The van der Waals surface area contributed by atoms with Crippen molar-refractivity contribution in [3.63, 3.8) is 0 Å². The first-order valence-corrected chi connectivity index (χ1v) is 5.13. The van der Waals surface area contributed by atoms with E-state index in [0.29, 0.717) is 0 Å². The van der Waals surface area contributed by atoms with Gasteiger partial charge in [-0.25, -0.2) is 0 Å². The maximum atomic E-state index is 7.00. The Labute approximate surface area is 97.2 Å². The van der Waals surface area contributed by atoms with Crippen molar-refractivity contribution in [1.82, 2.24) is 0 Å². The highest BCUT2D eigenvalue weighted by molar-refractivity contribution is 5.86. The molecule has 0 bridgehead atoms. The van der Waals surface area contributed by atoms with Crippen molar-refractivity contribution in [1.29, 1.82) is 0 Å². The number of hydrogen-bond donors (Lipinski definition) is 2. The topological polar surface area (TPSA) is 40.5 Å². The van der Waals surface area contributed by atoms with Crippen LogP contribution in [0.3, 0.4) is 0 Å². The summed E-state index contributed by atoms with van der Waals surface area (Å²) in [5.74, 6) is 0. The van der Waals surface area contributed by atoms with Gasteiger partial charge in [0.05, 0.1) is 0 Å². The third-order valence-electron chi connectivity index (χ3n) is 2.47. The van der Waals surface area contributed by atoms with E-state index in [0.717, 1.165) is 14.2 Å². The largest absolute Gasteiger partial charge is 0.400 e. The molecule has 2 nitrogen and oxygen atoms in total. The summed E-state index contributed by atoms with van der Waals surface area (Å²) in [6.07, 6.45) is 0. The fourth-order valence-corrected chi connectivity index (χ4v) is 1.54. The molecule has 0 fully saturated rings. The normalized spacial score (nSPS) is 8.62. The Hall–Kier alpha value is -1.38. The monoisotopic (exact) mass is 220 g/mol. The van der Waals surface area contributed by atoms with Gasteiger partial charge in [0.25, 0.3) is 0 Å². The zero-order chi connectivity index (χ0) is 12.6. The molecule has 0 aromatic heterocycles. The van der Waals surface area contributed by atoms with Crippen molar-refractivity contribution in [2.45, 2.75) is 13.8 Å². The molecule has 0 aliphatic heterocycles. The minimum atomic E-state index is 1.00. The number of hydrogen-bond acceptors (Lipinski definition) is 2. The van der Waals surface area contributed by atoms with Gasteiger partial charge in [-0.15, -0.1) is 0 Å². The van der Waals surface area contributed by atoms with Crippen molar-refractivity contribution < 1.29 is 10.2 Å². The highest BCUT2D eigenvalue weighted by Crippen LogP contribution is 2.20. The molecule has 0 spiro atoms. The molecule has 0 unspecified atom stereocenters. The van der Waals surface area contributed by atoms with Crippen LogP contribution in [0, 0.1) is 13.8 Å². The second-order valence-electron chi connectivity index (χ2n) is 3.23. The molecule has 16 heavy (non-hydrogen) atoms. The van der Waals surface area contributed by atoms with Crippen molar-refractivity contribution in [2.75, 3.05) is 14.2 Å². The predicted octanol–water partition coefficient (Wildman–Crippen LogP) is 2.67. The van der Waals surface area contributed by atoms with E-state index in [1.54, 1.807) is 0 Å². The Morgan fingerprint density at radius 3 is 1.94 bits per heavy atom. The molecule has 2 aromatic rings. The molecule has 0 amide bonds. The maximum absolute atomic E-state index is 7.00. The summed E-state index contributed by atoms with van der Waals surface area (Å²) in [6, 6.07) is 12.9.